The summed E-state index contributed by atoms with van der Waals surface area (Å²) in [6.45, 7) is 0.692. The maximum Gasteiger partial charge on any atom is 0.416 e. The molecule has 1 fully saturated rings. The number of aromatic nitrogens is 2. The number of hydrogen-bond acceptors (Lipinski definition) is 4. The fourth-order valence-corrected chi connectivity index (χ4v) is 3.05. The minimum Gasteiger partial charge on any atom is -0.489 e. The van der Waals surface area contributed by atoms with Crippen molar-refractivity contribution in [3.05, 3.63) is 51.3 Å². The molecule has 1 saturated heterocycles. The SMILES string of the molecule is Cn1nc(NC(=O)N2CCC(Oc3cc(C(F)(F)F)ccc3Cl)CC2)ccc1=O. The van der Waals surface area contributed by atoms with Gasteiger partial charge in [0.25, 0.3) is 5.56 Å². The lowest BCUT2D eigenvalue weighted by molar-refractivity contribution is -0.137. The van der Waals surface area contributed by atoms with Gasteiger partial charge in [-0.1, -0.05) is 11.6 Å². The molecule has 2 amide bonds. The van der Waals surface area contributed by atoms with Gasteiger partial charge in [0.15, 0.2) is 5.82 Å². The Morgan fingerprint density at radius 3 is 2.55 bits per heavy atom. The number of benzene rings is 1. The molecule has 0 radical (unpaired) electrons. The van der Waals surface area contributed by atoms with Gasteiger partial charge in [0.2, 0.25) is 0 Å². The molecular weight excluding hydrogens is 413 g/mol. The molecule has 1 aromatic carbocycles. The Kier molecular flexibility index (Phi) is 6.02. The van der Waals surface area contributed by atoms with Crippen LogP contribution in [0.3, 0.4) is 0 Å². The first-order chi connectivity index (χ1) is 13.6. The number of rotatable bonds is 3. The molecule has 2 heterocycles. The highest BCUT2D eigenvalue weighted by molar-refractivity contribution is 6.32. The third-order valence-electron chi connectivity index (χ3n) is 4.48. The van der Waals surface area contributed by atoms with Crippen molar-refractivity contribution >= 4 is 23.4 Å². The maximum absolute atomic E-state index is 12.9. The molecule has 1 N–H and O–H groups in total. The Bertz CT molecular complexity index is 956. The molecule has 156 valence electrons. The first-order valence-electron chi connectivity index (χ1n) is 8.77. The summed E-state index contributed by atoms with van der Waals surface area (Å²) in [4.78, 5) is 25.2. The molecule has 0 saturated carbocycles. The number of aryl methyl sites for hydroxylation is 1. The van der Waals surface area contributed by atoms with Gasteiger partial charge in [-0.15, -0.1) is 0 Å². The average Bonchev–Trinajstić information content (AvgIpc) is 2.66. The Morgan fingerprint density at radius 2 is 1.93 bits per heavy atom. The van der Waals surface area contributed by atoms with Crippen LogP contribution >= 0.6 is 11.6 Å². The summed E-state index contributed by atoms with van der Waals surface area (Å²) in [5.41, 5.74) is -1.13. The fourth-order valence-electron chi connectivity index (χ4n) is 2.88. The molecule has 1 aliphatic heterocycles. The normalized spacial score (nSPS) is 15.3. The molecule has 3 rings (SSSR count). The zero-order chi connectivity index (χ0) is 21.2. The van der Waals surface area contributed by atoms with Crippen molar-refractivity contribution in [1.29, 1.82) is 0 Å². The van der Waals surface area contributed by atoms with E-state index in [0.717, 1.165) is 22.9 Å². The highest BCUT2D eigenvalue weighted by atomic mass is 35.5. The molecule has 0 spiro atoms. The first-order valence-corrected chi connectivity index (χ1v) is 9.15. The summed E-state index contributed by atoms with van der Waals surface area (Å²) in [5, 5.41) is 6.63. The van der Waals surface area contributed by atoms with Crippen molar-refractivity contribution in [2.75, 3.05) is 18.4 Å². The van der Waals surface area contributed by atoms with Crippen LogP contribution in [0.25, 0.3) is 0 Å². The van der Waals surface area contributed by atoms with Crippen LogP contribution in [0.15, 0.2) is 35.1 Å². The predicted molar refractivity (Wildman–Crippen MR) is 100 cm³/mol. The van der Waals surface area contributed by atoms with Crippen LogP contribution in [0.2, 0.25) is 5.02 Å². The molecule has 2 aromatic rings. The molecule has 0 aliphatic carbocycles. The van der Waals surface area contributed by atoms with Crippen molar-refractivity contribution < 1.29 is 22.7 Å². The van der Waals surface area contributed by atoms with E-state index in [2.05, 4.69) is 10.4 Å². The van der Waals surface area contributed by atoms with Gasteiger partial charge < -0.3 is 9.64 Å². The van der Waals surface area contributed by atoms with Crippen molar-refractivity contribution in [3.63, 3.8) is 0 Å². The van der Waals surface area contributed by atoms with E-state index >= 15 is 0 Å². The van der Waals surface area contributed by atoms with E-state index in [1.54, 1.807) is 4.90 Å². The standard InChI is InChI=1S/C18H18ClF3N4O3/c1-25-16(27)5-4-15(24-25)23-17(28)26-8-6-12(7-9-26)29-14-10-11(18(20,21)22)2-3-13(14)19/h2-5,10,12H,6-9H2,1H3,(H,23,24,28). The molecule has 0 bridgehead atoms. The van der Waals surface area contributed by atoms with Gasteiger partial charge >= 0.3 is 12.2 Å². The van der Waals surface area contributed by atoms with E-state index < -0.39 is 11.7 Å². The molecule has 1 aromatic heterocycles. The van der Waals surface area contributed by atoms with Crippen LogP contribution in [0.4, 0.5) is 23.8 Å². The summed E-state index contributed by atoms with van der Waals surface area (Å²) in [6.07, 6.45) is -3.99. The zero-order valence-electron chi connectivity index (χ0n) is 15.4. The van der Waals surface area contributed by atoms with E-state index in [9.17, 15) is 22.8 Å². The molecule has 29 heavy (non-hydrogen) atoms. The fraction of sp³-hybridized carbons (Fsp3) is 0.389. The lowest BCUT2D eigenvalue weighted by atomic mass is 10.1. The van der Waals surface area contributed by atoms with E-state index in [1.807, 2.05) is 0 Å². The largest absolute Gasteiger partial charge is 0.489 e. The number of alkyl halides is 3. The minimum absolute atomic E-state index is 0.0289. The molecule has 0 atom stereocenters. The van der Waals surface area contributed by atoms with Gasteiger partial charge in [0.1, 0.15) is 11.9 Å². The number of amides is 2. The molecule has 1 aliphatic rings. The average molecular weight is 431 g/mol. The van der Waals surface area contributed by atoms with E-state index in [0.29, 0.717) is 25.9 Å². The Hall–Kier alpha value is -2.75. The van der Waals surface area contributed by atoms with Crippen LogP contribution in [-0.4, -0.2) is 39.9 Å². The zero-order valence-corrected chi connectivity index (χ0v) is 16.1. The molecule has 11 heteroatoms. The van der Waals surface area contributed by atoms with E-state index in [4.69, 9.17) is 16.3 Å². The third-order valence-corrected chi connectivity index (χ3v) is 4.79. The number of nitrogens with zero attached hydrogens (tertiary/aromatic N) is 3. The minimum atomic E-state index is -4.49. The van der Waals surface area contributed by atoms with E-state index in [1.165, 1.54) is 19.2 Å². The number of halogens is 4. The number of anilines is 1. The second-order valence-corrected chi connectivity index (χ2v) is 6.96. The number of likely N-dealkylation sites (tertiary alicyclic amines) is 1. The monoisotopic (exact) mass is 430 g/mol. The quantitative estimate of drug-likeness (QED) is 0.808. The first kappa shape index (κ1) is 21.0. The number of carbonyl (C=O) groups excluding carboxylic acids is 1. The maximum atomic E-state index is 12.9. The molecular formula is C18H18ClF3N4O3. The molecule has 7 nitrogen and oxygen atoms in total. The Labute approximate surface area is 169 Å². The highest BCUT2D eigenvalue weighted by Gasteiger charge is 2.32. The second kappa shape index (κ2) is 8.32. The highest BCUT2D eigenvalue weighted by Crippen LogP contribution is 2.36. The lowest BCUT2D eigenvalue weighted by Gasteiger charge is -2.32. The van der Waals surface area contributed by atoms with E-state index in [-0.39, 0.29) is 34.3 Å². The Balaban J connectivity index is 1.57. The number of carbonyl (C=O) groups is 1. The van der Waals surface area contributed by atoms with Crippen molar-refractivity contribution in [1.82, 2.24) is 14.7 Å². The number of nitrogens with one attached hydrogen (secondary N) is 1. The third kappa shape index (κ3) is 5.20. The molecule has 0 unspecified atom stereocenters. The van der Waals surface area contributed by atoms with Crippen LogP contribution in [0, 0.1) is 0 Å². The second-order valence-electron chi connectivity index (χ2n) is 6.56. The van der Waals surface area contributed by atoms with Gasteiger partial charge in [-0.2, -0.15) is 18.3 Å². The van der Waals surface area contributed by atoms with Crippen molar-refractivity contribution in [2.45, 2.75) is 25.1 Å². The number of ether oxygens (including phenoxy) is 1. The van der Waals surface area contributed by atoms with Crippen molar-refractivity contribution in [2.24, 2.45) is 7.05 Å². The van der Waals surface area contributed by atoms with Crippen LogP contribution in [0.1, 0.15) is 18.4 Å². The summed E-state index contributed by atoms with van der Waals surface area (Å²) in [7, 11) is 1.47. The lowest BCUT2D eigenvalue weighted by Crippen LogP contribution is -2.44. The number of urea groups is 1. The number of piperidine rings is 1. The van der Waals surface area contributed by atoms with Gasteiger partial charge in [-0.25, -0.2) is 9.48 Å². The van der Waals surface area contributed by atoms with Crippen LogP contribution in [0.5, 0.6) is 5.75 Å². The smallest absolute Gasteiger partial charge is 0.416 e. The van der Waals surface area contributed by atoms with Gasteiger partial charge in [-0.3, -0.25) is 10.1 Å². The number of hydrogen-bond donors (Lipinski definition) is 1. The van der Waals surface area contributed by atoms with Gasteiger partial charge in [-0.05, 0) is 24.3 Å². The Morgan fingerprint density at radius 1 is 1.24 bits per heavy atom. The summed E-state index contributed by atoms with van der Waals surface area (Å²) >= 11 is 5.96. The predicted octanol–water partition coefficient (Wildman–Crippen LogP) is 3.53. The van der Waals surface area contributed by atoms with Gasteiger partial charge in [0, 0.05) is 39.0 Å². The van der Waals surface area contributed by atoms with Crippen LogP contribution in [-0.2, 0) is 13.2 Å². The van der Waals surface area contributed by atoms with Crippen LogP contribution < -0.4 is 15.6 Å². The topological polar surface area (TPSA) is 76.5 Å². The summed E-state index contributed by atoms with van der Waals surface area (Å²) in [5.74, 6) is 0.213. The summed E-state index contributed by atoms with van der Waals surface area (Å²) in [6, 6.07) is 5.25. The van der Waals surface area contributed by atoms with Gasteiger partial charge in [0.05, 0.1) is 10.6 Å². The van der Waals surface area contributed by atoms with Crippen molar-refractivity contribution in [3.8, 4) is 5.75 Å². The summed E-state index contributed by atoms with van der Waals surface area (Å²) < 4.78 is 45.4.